The molecule has 0 saturated heterocycles. The molecule has 0 amide bonds. The molecule has 1 N–H and O–H groups in total. The summed E-state index contributed by atoms with van der Waals surface area (Å²) in [6, 6.07) is 5.76. The number of benzene rings is 1. The Bertz CT molecular complexity index is 404. The molecular weight excluding hydrogens is 253 g/mol. The number of methoxy groups -OCH3 is 1. The predicted molar refractivity (Wildman–Crippen MR) is 82.7 cm³/mol. The van der Waals surface area contributed by atoms with Crippen LogP contribution in [0.15, 0.2) is 18.2 Å². The fourth-order valence-electron chi connectivity index (χ4n) is 2.48. The number of nitrogens with one attached hydrogen (secondary N) is 1. The van der Waals surface area contributed by atoms with E-state index in [1.165, 1.54) is 7.11 Å². The number of hydrogen-bond donors (Lipinski definition) is 1. The highest BCUT2D eigenvalue weighted by Crippen LogP contribution is 2.22. The molecule has 1 unspecified atom stereocenters. The molecule has 1 rings (SSSR count). The van der Waals surface area contributed by atoms with Gasteiger partial charge < -0.3 is 10.1 Å². The molecule has 1 aromatic carbocycles. The van der Waals surface area contributed by atoms with Crippen LogP contribution in [0.25, 0.3) is 0 Å². The molecule has 0 radical (unpaired) electrons. The standard InChI is InChI=1S/C17H28FNO/c1-12(2)8-15(11-19-13(3)4)9-14-6-7-17(20-5)16(18)10-14/h6-7,10,12-13,15,19H,8-9,11H2,1-5H3. The molecule has 0 heterocycles. The Morgan fingerprint density at radius 3 is 2.40 bits per heavy atom. The van der Waals surface area contributed by atoms with E-state index in [2.05, 4.69) is 33.0 Å². The van der Waals surface area contributed by atoms with E-state index in [0.29, 0.717) is 23.6 Å². The van der Waals surface area contributed by atoms with Crippen molar-refractivity contribution in [2.75, 3.05) is 13.7 Å². The largest absolute Gasteiger partial charge is 0.494 e. The van der Waals surface area contributed by atoms with Crippen molar-refractivity contribution >= 4 is 0 Å². The van der Waals surface area contributed by atoms with Gasteiger partial charge in [-0.25, -0.2) is 4.39 Å². The van der Waals surface area contributed by atoms with Crippen molar-refractivity contribution in [1.29, 1.82) is 0 Å². The van der Waals surface area contributed by atoms with Gasteiger partial charge in [-0.2, -0.15) is 0 Å². The SMILES string of the molecule is COc1ccc(CC(CNC(C)C)CC(C)C)cc1F. The lowest BCUT2D eigenvalue weighted by molar-refractivity contribution is 0.370. The molecule has 0 bridgehead atoms. The minimum Gasteiger partial charge on any atom is -0.494 e. The Morgan fingerprint density at radius 1 is 1.20 bits per heavy atom. The molecular formula is C17H28FNO. The third-order valence-corrected chi connectivity index (χ3v) is 3.36. The predicted octanol–water partition coefficient (Wildman–Crippen LogP) is 4.04. The summed E-state index contributed by atoms with van der Waals surface area (Å²) in [4.78, 5) is 0. The van der Waals surface area contributed by atoms with Crippen LogP contribution in [0.4, 0.5) is 4.39 Å². The summed E-state index contributed by atoms with van der Waals surface area (Å²) >= 11 is 0. The zero-order chi connectivity index (χ0) is 15.1. The van der Waals surface area contributed by atoms with Gasteiger partial charge in [-0.1, -0.05) is 33.8 Å². The summed E-state index contributed by atoms with van der Waals surface area (Å²) in [5.41, 5.74) is 1.04. The monoisotopic (exact) mass is 281 g/mol. The first kappa shape index (κ1) is 17.0. The van der Waals surface area contributed by atoms with E-state index in [-0.39, 0.29) is 5.82 Å². The van der Waals surface area contributed by atoms with Crippen LogP contribution < -0.4 is 10.1 Å². The summed E-state index contributed by atoms with van der Waals surface area (Å²) in [6.45, 7) is 9.75. The van der Waals surface area contributed by atoms with Crippen LogP contribution in [0.5, 0.6) is 5.75 Å². The molecule has 1 atom stereocenters. The van der Waals surface area contributed by atoms with E-state index in [1.807, 2.05) is 6.07 Å². The highest BCUT2D eigenvalue weighted by molar-refractivity contribution is 5.29. The Labute approximate surface area is 122 Å². The molecule has 1 aromatic rings. The topological polar surface area (TPSA) is 21.3 Å². The molecule has 2 nitrogen and oxygen atoms in total. The van der Waals surface area contributed by atoms with Crippen LogP contribution in [-0.4, -0.2) is 19.7 Å². The summed E-state index contributed by atoms with van der Waals surface area (Å²) in [7, 11) is 1.49. The maximum atomic E-state index is 13.7. The lowest BCUT2D eigenvalue weighted by Crippen LogP contribution is -2.30. The van der Waals surface area contributed by atoms with Crippen molar-refractivity contribution in [1.82, 2.24) is 5.32 Å². The van der Waals surface area contributed by atoms with Gasteiger partial charge in [-0.05, 0) is 48.9 Å². The van der Waals surface area contributed by atoms with E-state index in [1.54, 1.807) is 12.1 Å². The number of ether oxygens (including phenoxy) is 1. The third-order valence-electron chi connectivity index (χ3n) is 3.36. The molecule has 0 aliphatic heterocycles. The molecule has 0 aromatic heterocycles. The van der Waals surface area contributed by atoms with Gasteiger partial charge in [-0.3, -0.25) is 0 Å². The zero-order valence-electron chi connectivity index (χ0n) is 13.4. The maximum Gasteiger partial charge on any atom is 0.165 e. The van der Waals surface area contributed by atoms with Gasteiger partial charge in [-0.15, -0.1) is 0 Å². The fraction of sp³-hybridized carbons (Fsp3) is 0.647. The van der Waals surface area contributed by atoms with E-state index < -0.39 is 0 Å². The first-order chi connectivity index (χ1) is 9.42. The number of halogens is 1. The summed E-state index contributed by atoms with van der Waals surface area (Å²) < 4.78 is 18.7. The minimum atomic E-state index is -0.273. The Morgan fingerprint density at radius 2 is 1.90 bits per heavy atom. The molecule has 114 valence electrons. The Hall–Kier alpha value is -1.09. The molecule has 0 fully saturated rings. The summed E-state index contributed by atoms with van der Waals surface area (Å²) in [5, 5.41) is 3.49. The van der Waals surface area contributed by atoms with Gasteiger partial charge in [0.05, 0.1) is 7.11 Å². The van der Waals surface area contributed by atoms with Gasteiger partial charge in [0.15, 0.2) is 11.6 Å². The van der Waals surface area contributed by atoms with Gasteiger partial charge in [0, 0.05) is 6.04 Å². The molecule has 0 aliphatic rings. The molecule has 3 heteroatoms. The number of hydrogen-bond acceptors (Lipinski definition) is 2. The van der Waals surface area contributed by atoms with E-state index in [0.717, 1.165) is 24.9 Å². The third kappa shape index (κ3) is 5.91. The van der Waals surface area contributed by atoms with Gasteiger partial charge >= 0.3 is 0 Å². The maximum absolute atomic E-state index is 13.7. The minimum absolute atomic E-state index is 0.273. The van der Waals surface area contributed by atoms with Gasteiger partial charge in [0.25, 0.3) is 0 Å². The van der Waals surface area contributed by atoms with E-state index in [4.69, 9.17) is 4.74 Å². The average Bonchev–Trinajstić information content (AvgIpc) is 2.35. The van der Waals surface area contributed by atoms with Crippen molar-refractivity contribution in [3.8, 4) is 5.75 Å². The second-order valence-corrected chi connectivity index (χ2v) is 6.23. The first-order valence-electron chi connectivity index (χ1n) is 7.48. The molecule has 20 heavy (non-hydrogen) atoms. The Kier molecular flexibility index (Phi) is 7.00. The summed E-state index contributed by atoms with van der Waals surface area (Å²) in [6.07, 6.45) is 2.05. The smallest absolute Gasteiger partial charge is 0.165 e. The second-order valence-electron chi connectivity index (χ2n) is 6.23. The van der Waals surface area contributed by atoms with Gasteiger partial charge in [0.2, 0.25) is 0 Å². The van der Waals surface area contributed by atoms with Crippen molar-refractivity contribution in [3.63, 3.8) is 0 Å². The normalized spacial score (nSPS) is 13.0. The van der Waals surface area contributed by atoms with E-state index in [9.17, 15) is 4.39 Å². The van der Waals surface area contributed by atoms with Crippen molar-refractivity contribution in [2.45, 2.75) is 46.6 Å². The highest BCUT2D eigenvalue weighted by Gasteiger charge is 2.14. The van der Waals surface area contributed by atoms with Crippen LogP contribution in [0.3, 0.4) is 0 Å². The van der Waals surface area contributed by atoms with Crippen LogP contribution in [0.1, 0.15) is 39.7 Å². The molecule has 0 saturated carbocycles. The summed E-state index contributed by atoms with van der Waals surface area (Å²) in [5.74, 6) is 1.22. The quantitative estimate of drug-likeness (QED) is 0.776. The highest BCUT2D eigenvalue weighted by atomic mass is 19.1. The van der Waals surface area contributed by atoms with Crippen molar-refractivity contribution < 1.29 is 9.13 Å². The molecule has 0 spiro atoms. The van der Waals surface area contributed by atoms with Crippen LogP contribution >= 0.6 is 0 Å². The average molecular weight is 281 g/mol. The lowest BCUT2D eigenvalue weighted by atomic mass is 9.90. The number of rotatable bonds is 8. The van der Waals surface area contributed by atoms with E-state index >= 15 is 0 Å². The zero-order valence-corrected chi connectivity index (χ0v) is 13.4. The van der Waals surface area contributed by atoms with Crippen molar-refractivity contribution in [3.05, 3.63) is 29.6 Å². The fourth-order valence-corrected chi connectivity index (χ4v) is 2.48. The van der Waals surface area contributed by atoms with Crippen molar-refractivity contribution in [2.24, 2.45) is 11.8 Å². The van der Waals surface area contributed by atoms with Crippen LogP contribution in [0.2, 0.25) is 0 Å². The second kappa shape index (κ2) is 8.25. The van der Waals surface area contributed by atoms with Crippen LogP contribution in [-0.2, 0) is 6.42 Å². The first-order valence-corrected chi connectivity index (χ1v) is 7.48. The lowest BCUT2D eigenvalue weighted by Gasteiger charge is -2.21. The van der Waals surface area contributed by atoms with Gasteiger partial charge in [0.1, 0.15) is 0 Å². The van der Waals surface area contributed by atoms with Crippen LogP contribution in [0, 0.1) is 17.7 Å². The molecule has 0 aliphatic carbocycles. The Balaban J connectivity index is 2.70.